The first kappa shape index (κ1) is 25.2. The first-order chi connectivity index (χ1) is 18.0. The predicted octanol–water partition coefficient (Wildman–Crippen LogP) is 4.08. The van der Waals surface area contributed by atoms with Gasteiger partial charge in [-0.25, -0.2) is 4.68 Å². The number of rotatable bonds is 11. The molecule has 5 rings (SSSR count). The number of tetrazole rings is 1. The molecule has 3 aromatic heterocycles. The Morgan fingerprint density at radius 3 is 2.86 bits per heavy atom. The molecule has 1 N–H and O–H groups in total. The van der Waals surface area contributed by atoms with E-state index in [-0.39, 0.29) is 23.6 Å². The Balaban J connectivity index is 1.51. The molecule has 0 saturated carbocycles. The maximum Gasteiger partial charge on any atom is 0.252 e. The average molecular weight is 507 g/mol. The van der Waals surface area contributed by atoms with Crippen molar-refractivity contribution in [3.05, 3.63) is 70.2 Å². The van der Waals surface area contributed by atoms with Crippen LogP contribution in [0.5, 0.6) is 5.75 Å². The Morgan fingerprint density at radius 1 is 1.24 bits per heavy atom. The molecule has 1 aliphatic rings. The highest BCUT2D eigenvalue weighted by molar-refractivity contribution is 5.80. The van der Waals surface area contributed by atoms with Gasteiger partial charge in [0, 0.05) is 29.6 Å². The molecule has 4 heterocycles. The lowest BCUT2D eigenvalue weighted by molar-refractivity contribution is 0.0836. The fraction of sp³-hybridized carbons (Fsp3) is 0.481. The second kappa shape index (κ2) is 11.3. The van der Waals surface area contributed by atoms with E-state index in [1.807, 2.05) is 48.0 Å². The summed E-state index contributed by atoms with van der Waals surface area (Å²) in [5, 5.41) is 13.7. The Bertz CT molecular complexity index is 1360. The van der Waals surface area contributed by atoms with Gasteiger partial charge in [-0.05, 0) is 72.5 Å². The van der Waals surface area contributed by atoms with Crippen molar-refractivity contribution in [2.24, 2.45) is 5.92 Å². The van der Waals surface area contributed by atoms with Gasteiger partial charge in [0.1, 0.15) is 11.5 Å². The number of hydrogen-bond donors (Lipinski definition) is 1. The minimum absolute atomic E-state index is 0.108. The van der Waals surface area contributed by atoms with Crippen LogP contribution < -0.4 is 10.3 Å². The lowest BCUT2D eigenvalue weighted by Crippen LogP contribution is -2.35. The zero-order valence-electron chi connectivity index (χ0n) is 21.6. The summed E-state index contributed by atoms with van der Waals surface area (Å²) in [6, 6.07) is 11.3. The second-order valence-corrected chi connectivity index (χ2v) is 9.83. The van der Waals surface area contributed by atoms with Gasteiger partial charge in [-0.15, -0.1) is 5.10 Å². The molecule has 1 aromatic carbocycles. The average Bonchev–Trinajstić information content (AvgIpc) is 3.65. The molecule has 10 heteroatoms. The molecule has 1 saturated heterocycles. The van der Waals surface area contributed by atoms with Crippen LogP contribution in [0.25, 0.3) is 10.9 Å². The molecule has 1 aliphatic heterocycles. The minimum Gasteiger partial charge on any atom is -0.494 e. The summed E-state index contributed by atoms with van der Waals surface area (Å²) in [6.07, 6.45) is 3.82. The number of ether oxygens (including phenoxy) is 2. The second-order valence-electron chi connectivity index (χ2n) is 9.83. The highest BCUT2D eigenvalue weighted by Gasteiger charge is 2.31. The van der Waals surface area contributed by atoms with Gasteiger partial charge in [0.05, 0.1) is 38.1 Å². The van der Waals surface area contributed by atoms with Crippen LogP contribution in [0.2, 0.25) is 0 Å². The molecule has 0 unspecified atom stereocenters. The van der Waals surface area contributed by atoms with Gasteiger partial charge in [-0.2, -0.15) is 0 Å². The van der Waals surface area contributed by atoms with E-state index in [9.17, 15) is 4.79 Å². The number of fused-ring (bicyclic) bond motifs is 1. The standard InChI is InChI=1S/C27H34N6O4/c1-4-35-21-9-10-24-19(14-21)13-20(27(34)28-24)15-32(16-22-7-5-11-36-22)25(18(2)3)26-29-30-31-33(26)17-23-8-6-12-37-23/h5,7,9-11,13-14,18,23,25H,4,6,8,12,15-17H2,1-3H3,(H,28,34)/t23-,25+/m0/s1. The third-order valence-electron chi connectivity index (χ3n) is 6.77. The maximum atomic E-state index is 13.2. The number of benzene rings is 1. The van der Waals surface area contributed by atoms with E-state index in [2.05, 4.69) is 39.3 Å². The number of furan rings is 1. The van der Waals surface area contributed by atoms with E-state index in [0.29, 0.717) is 31.8 Å². The third kappa shape index (κ3) is 5.75. The summed E-state index contributed by atoms with van der Waals surface area (Å²) in [5.41, 5.74) is 1.30. The summed E-state index contributed by atoms with van der Waals surface area (Å²) < 4.78 is 19.1. The molecule has 0 aliphatic carbocycles. The number of pyridine rings is 1. The molecule has 0 spiro atoms. The van der Waals surface area contributed by atoms with Gasteiger partial charge in [-0.1, -0.05) is 13.8 Å². The molecule has 4 aromatic rings. The van der Waals surface area contributed by atoms with Gasteiger partial charge >= 0.3 is 0 Å². The SMILES string of the molecule is CCOc1ccc2[nH]c(=O)c(CN(Cc3ccco3)[C@@H](c3nnnn3C[C@@H]3CCCO3)C(C)C)cc2c1. The van der Waals surface area contributed by atoms with Crippen LogP contribution in [-0.2, 0) is 24.4 Å². The van der Waals surface area contributed by atoms with Crippen molar-refractivity contribution in [2.45, 2.75) is 65.4 Å². The first-order valence-electron chi connectivity index (χ1n) is 12.9. The summed E-state index contributed by atoms with van der Waals surface area (Å²) in [7, 11) is 0. The van der Waals surface area contributed by atoms with Crippen molar-refractivity contribution in [1.29, 1.82) is 0 Å². The number of nitrogens with one attached hydrogen (secondary N) is 1. The Hall–Kier alpha value is -3.50. The van der Waals surface area contributed by atoms with Crippen LogP contribution >= 0.6 is 0 Å². The highest BCUT2D eigenvalue weighted by Crippen LogP contribution is 2.31. The van der Waals surface area contributed by atoms with Crippen molar-refractivity contribution in [2.75, 3.05) is 13.2 Å². The van der Waals surface area contributed by atoms with Crippen LogP contribution in [-0.4, -0.2) is 49.4 Å². The van der Waals surface area contributed by atoms with Gasteiger partial charge < -0.3 is 18.9 Å². The number of hydrogen-bond acceptors (Lipinski definition) is 8. The summed E-state index contributed by atoms with van der Waals surface area (Å²) in [5.74, 6) is 2.50. The first-order valence-corrected chi connectivity index (χ1v) is 12.9. The quantitative estimate of drug-likeness (QED) is 0.324. The van der Waals surface area contributed by atoms with E-state index >= 15 is 0 Å². The molecule has 10 nitrogen and oxygen atoms in total. The summed E-state index contributed by atoms with van der Waals surface area (Å²) in [6.45, 7) is 9.09. The molecule has 37 heavy (non-hydrogen) atoms. The van der Waals surface area contributed by atoms with Crippen molar-refractivity contribution in [3.8, 4) is 5.75 Å². The van der Waals surface area contributed by atoms with E-state index in [4.69, 9.17) is 13.9 Å². The predicted molar refractivity (Wildman–Crippen MR) is 138 cm³/mol. The van der Waals surface area contributed by atoms with Crippen molar-refractivity contribution in [3.63, 3.8) is 0 Å². The molecule has 0 amide bonds. The molecule has 196 valence electrons. The van der Waals surface area contributed by atoms with Crippen LogP contribution in [0.4, 0.5) is 0 Å². The number of aromatic nitrogens is 5. The monoisotopic (exact) mass is 506 g/mol. The van der Waals surface area contributed by atoms with E-state index < -0.39 is 0 Å². The largest absolute Gasteiger partial charge is 0.494 e. The lowest BCUT2D eigenvalue weighted by atomic mass is 10.00. The third-order valence-corrected chi connectivity index (χ3v) is 6.77. The fourth-order valence-corrected chi connectivity index (χ4v) is 5.10. The molecule has 0 radical (unpaired) electrons. The topological polar surface area (TPSA) is 111 Å². The smallest absolute Gasteiger partial charge is 0.252 e. The zero-order chi connectivity index (χ0) is 25.8. The van der Waals surface area contributed by atoms with Gasteiger partial charge in [0.2, 0.25) is 0 Å². The van der Waals surface area contributed by atoms with E-state index in [1.54, 1.807) is 6.26 Å². The lowest BCUT2D eigenvalue weighted by Gasteiger charge is -2.33. The van der Waals surface area contributed by atoms with Crippen LogP contribution in [0.1, 0.15) is 56.8 Å². The Labute approximate surface area is 215 Å². The van der Waals surface area contributed by atoms with E-state index in [0.717, 1.165) is 47.7 Å². The Morgan fingerprint density at radius 2 is 2.14 bits per heavy atom. The maximum absolute atomic E-state index is 13.2. The number of H-pyrrole nitrogens is 1. The van der Waals surface area contributed by atoms with Crippen LogP contribution in [0, 0.1) is 5.92 Å². The number of nitrogens with zero attached hydrogens (tertiary/aromatic N) is 5. The highest BCUT2D eigenvalue weighted by atomic mass is 16.5. The van der Waals surface area contributed by atoms with Crippen molar-refractivity contribution >= 4 is 10.9 Å². The molecule has 1 fully saturated rings. The van der Waals surface area contributed by atoms with Crippen LogP contribution in [0.15, 0.2) is 51.9 Å². The normalized spacial score (nSPS) is 16.7. The van der Waals surface area contributed by atoms with Gasteiger partial charge in [-0.3, -0.25) is 9.69 Å². The minimum atomic E-state index is -0.161. The summed E-state index contributed by atoms with van der Waals surface area (Å²) in [4.78, 5) is 18.4. The van der Waals surface area contributed by atoms with Crippen molar-refractivity contribution < 1.29 is 13.9 Å². The van der Waals surface area contributed by atoms with Gasteiger partial charge in [0.25, 0.3) is 5.56 Å². The van der Waals surface area contributed by atoms with Crippen LogP contribution in [0.3, 0.4) is 0 Å². The molecule has 2 atom stereocenters. The van der Waals surface area contributed by atoms with E-state index in [1.165, 1.54) is 0 Å². The van der Waals surface area contributed by atoms with Gasteiger partial charge in [0.15, 0.2) is 5.82 Å². The fourth-order valence-electron chi connectivity index (χ4n) is 5.10. The molecular formula is C27H34N6O4. The van der Waals surface area contributed by atoms with Crippen molar-refractivity contribution in [1.82, 2.24) is 30.1 Å². The zero-order valence-corrected chi connectivity index (χ0v) is 21.6. The number of aromatic amines is 1. The Kier molecular flexibility index (Phi) is 7.66. The molecule has 0 bridgehead atoms. The molecular weight excluding hydrogens is 472 g/mol. The summed E-state index contributed by atoms with van der Waals surface area (Å²) >= 11 is 0.